The first-order valence-corrected chi connectivity index (χ1v) is 4.48. The molecule has 16 heavy (non-hydrogen) atoms. The first kappa shape index (κ1) is 10.4. The van der Waals surface area contributed by atoms with Crippen LogP contribution in [0.1, 0.15) is 5.69 Å². The van der Waals surface area contributed by atoms with Crippen LogP contribution in [0.15, 0.2) is 30.7 Å². The summed E-state index contributed by atoms with van der Waals surface area (Å²) in [7, 11) is -1.54. The van der Waals surface area contributed by atoms with Gasteiger partial charge in [0.05, 0.1) is 11.9 Å². The second-order valence-corrected chi connectivity index (χ2v) is 3.11. The maximum absolute atomic E-state index is 8.91. The molecule has 6 nitrogen and oxygen atoms in total. The summed E-state index contributed by atoms with van der Waals surface area (Å²) in [6, 6.07) is 5.14. The Balaban J connectivity index is 2.32. The van der Waals surface area contributed by atoms with E-state index >= 15 is 0 Å². The van der Waals surface area contributed by atoms with Crippen molar-refractivity contribution in [1.29, 1.82) is 5.26 Å². The zero-order valence-corrected chi connectivity index (χ0v) is 8.15. The van der Waals surface area contributed by atoms with Gasteiger partial charge in [-0.2, -0.15) is 10.4 Å². The maximum atomic E-state index is 8.91. The molecule has 0 aliphatic rings. The van der Waals surface area contributed by atoms with Crippen molar-refractivity contribution in [3.05, 3.63) is 36.4 Å². The SMILES string of the molecule is N#Cc1ccc(-n2cc(B(O)O)cn2)cn1. The Morgan fingerprint density at radius 2 is 2.12 bits per heavy atom. The first-order valence-electron chi connectivity index (χ1n) is 4.48. The summed E-state index contributed by atoms with van der Waals surface area (Å²) < 4.78 is 1.45. The largest absolute Gasteiger partial charge is 0.491 e. The number of aromatic nitrogens is 3. The second kappa shape index (κ2) is 4.14. The van der Waals surface area contributed by atoms with E-state index in [4.69, 9.17) is 15.3 Å². The maximum Gasteiger partial charge on any atom is 0.491 e. The molecule has 0 amide bonds. The highest BCUT2D eigenvalue weighted by molar-refractivity contribution is 6.58. The average Bonchev–Trinajstić information content (AvgIpc) is 2.78. The Hall–Kier alpha value is -2.17. The van der Waals surface area contributed by atoms with Crippen LogP contribution in [0.25, 0.3) is 5.69 Å². The van der Waals surface area contributed by atoms with E-state index in [9.17, 15) is 0 Å². The summed E-state index contributed by atoms with van der Waals surface area (Å²) >= 11 is 0. The molecule has 0 aliphatic carbocycles. The smallest absolute Gasteiger partial charge is 0.423 e. The lowest BCUT2D eigenvalue weighted by atomic mass is 9.83. The third-order valence-electron chi connectivity index (χ3n) is 2.03. The van der Waals surface area contributed by atoms with Crippen molar-refractivity contribution in [2.24, 2.45) is 0 Å². The van der Waals surface area contributed by atoms with E-state index < -0.39 is 7.12 Å². The van der Waals surface area contributed by atoms with Gasteiger partial charge in [-0.25, -0.2) is 9.67 Å². The van der Waals surface area contributed by atoms with Gasteiger partial charge in [0.2, 0.25) is 0 Å². The monoisotopic (exact) mass is 214 g/mol. The number of pyridine rings is 1. The molecule has 7 heteroatoms. The predicted molar refractivity (Wildman–Crippen MR) is 55.9 cm³/mol. The third kappa shape index (κ3) is 1.93. The molecule has 2 rings (SSSR count). The fourth-order valence-corrected chi connectivity index (χ4v) is 1.20. The predicted octanol–water partition coefficient (Wildman–Crippen LogP) is -1.18. The Bertz CT molecular complexity index is 529. The molecular formula is C9H7BN4O2. The molecule has 2 N–H and O–H groups in total. The highest BCUT2D eigenvalue weighted by Crippen LogP contribution is 2.04. The van der Waals surface area contributed by atoms with Crippen LogP contribution in [-0.4, -0.2) is 31.9 Å². The minimum Gasteiger partial charge on any atom is -0.423 e. The summed E-state index contributed by atoms with van der Waals surface area (Å²) in [5.41, 5.74) is 1.26. The summed E-state index contributed by atoms with van der Waals surface area (Å²) in [6.45, 7) is 0. The van der Waals surface area contributed by atoms with E-state index in [1.807, 2.05) is 6.07 Å². The lowest BCUT2D eigenvalue weighted by Gasteiger charge is -1.99. The molecule has 0 spiro atoms. The van der Waals surface area contributed by atoms with Gasteiger partial charge in [-0.3, -0.25) is 0 Å². The Morgan fingerprint density at radius 1 is 1.31 bits per heavy atom. The minimum atomic E-state index is -1.54. The summed E-state index contributed by atoms with van der Waals surface area (Å²) in [5, 5.41) is 30.3. The van der Waals surface area contributed by atoms with E-state index in [0.29, 0.717) is 16.8 Å². The van der Waals surface area contributed by atoms with Crippen LogP contribution in [0.4, 0.5) is 0 Å². The standard InChI is InChI=1S/C9H7BN4O2/c11-3-8-1-2-9(5-12-8)14-6-7(4-13-14)10(15)16/h1-2,4-6,15-16H. The van der Waals surface area contributed by atoms with Gasteiger partial charge in [-0.1, -0.05) is 0 Å². The molecule has 0 saturated heterocycles. The van der Waals surface area contributed by atoms with Crippen LogP contribution >= 0.6 is 0 Å². The van der Waals surface area contributed by atoms with Crippen molar-refractivity contribution >= 4 is 12.6 Å². The fourth-order valence-electron chi connectivity index (χ4n) is 1.20. The molecule has 2 aromatic rings. The molecule has 0 aromatic carbocycles. The van der Waals surface area contributed by atoms with Crippen molar-refractivity contribution < 1.29 is 10.0 Å². The highest BCUT2D eigenvalue weighted by Gasteiger charge is 2.13. The van der Waals surface area contributed by atoms with E-state index in [1.54, 1.807) is 12.1 Å². The van der Waals surface area contributed by atoms with Crippen LogP contribution in [-0.2, 0) is 0 Å². The van der Waals surface area contributed by atoms with Crippen molar-refractivity contribution in [3.8, 4) is 11.8 Å². The first-order chi connectivity index (χ1) is 7.70. The minimum absolute atomic E-state index is 0.296. The van der Waals surface area contributed by atoms with E-state index in [-0.39, 0.29) is 0 Å². The van der Waals surface area contributed by atoms with Crippen LogP contribution in [0.3, 0.4) is 0 Å². The highest BCUT2D eigenvalue weighted by atomic mass is 16.4. The number of nitrogens with zero attached hydrogens (tertiary/aromatic N) is 4. The molecule has 0 unspecified atom stereocenters. The average molecular weight is 214 g/mol. The molecule has 2 aromatic heterocycles. The van der Waals surface area contributed by atoms with Crippen molar-refractivity contribution in [1.82, 2.24) is 14.8 Å². The molecule has 0 saturated carbocycles. The molecule has 0 fully saturated rings. The van der Waals surface area contributed by atoms with Gasteiger partial charge in [0, 0.05) is 17.9 Å². The molecular weight excluding hydrogens is 207 g/mol. The van der Waals surface area contributed by atoms with Gasteiger partial charge in [0.15, 0.2) is 0 Å². The zero-order valence-electron chi connectivity index (χ0n) is 8.15. The van der Waals surface area contributed by atoms with Crippen LogP contribution in [0.5, 0.6) is 0 Å². The lowest BCUT2D eigenvalue weighted by Crippen LogP contribution is -2.28. The molecule has 0 bridgehead atoms. The molecule has 0 aliphatic heterocycles. The molecule has 2 heterocycles. The van der Waals surface area contributed by atoms with Gasteiger partial charge in [-0.15, -0.1) is 0 Å². The van der Waals surface area contributed by atoms with E-state index in [2.05, 4.69) is 10.1 Å². The Morgan fingerprint density at radius 3 is 2.62 bits per heavy atom. The second-order valence-electron chi connectivity index (χ2n) is 3.11. The topological polar surface area (TPSA) is 95.0 Å². The normalized spacial score (nSPS) is 9.81. The Kier molecular flexibility index (Phi) is 2.68. The van der Waals surface area contributed by atoms with Crippen LogP contribution in [0, 0.1) is 11.3 Å². The zero-order chi connectivity index (χ0) is 11.5. The molecule has 0 radical (unpaired) electrons. The van der Waals surface area contributed by atoms with Gasteiger partial charge in [-0.05, 0) is 12.1 Å². The van der Waals surface area contributed by atoms with Crippen LogP contribution in [0.2, 0.25) is 0 Å². The third-order valence-corrected chi connectivity index (χ3v) is 2.03. The van der Waals surface area contributed by atoms with Gasteiger partial charge in [0.1, 0.15) is 11.8 Å². The van der Waals surface area contributed by atoms with Gasteiger partial charge in [0.25, 0.3) is 0 Å². The van der Waals surface area contributed by atoms with E-state index in [0.717, 1.165) is 0 Å². The molecule has 78 valence electrons. The van der Waals surface area contributed by atoms with Crippen molar-refractivity contribution in [2.45, 2.75) is 0 Å². The lowest BCUT2D eigenvalue weighted by molar-refractivity contribution is 0.426. The fraction of sp³-hybridized carbons (Fsp3) is 0. The number of rotatable bonds is 2. The van der Waals surface area contributed by atoms with Crippen molar-refractivity contribution in [3.63, 3.8) is 0 Å². The summed E-state index contributed by atoms with van der Waals surface area (Å²) in [4.78, 5) is 3.88. The van der Waals surface area contributed by atoms with E-state index in [1.165, 1.54) is 23.3 Å². The van der Waals surface area contributed by atoms with Gasteiger partial charge >= 0.3 is 7.12 Å². The quantitative estimate of drug-likeness (QED) is 0.613. The number of nitriles is 1. The van der Waals surface area contributed by atoms with Crippen molar-refractivity contribution in [2.75, 3.05) is 0 Å². The van der Waals surface area contributed by atoms with Gasteiger partial charge < -0.3 is 10.0 Å². The number of hydrogen-bond donors (Lipinski definition) is 2. The number of hydrogen-bond acceptors (Lipinski definition) is 5. The molecule has 0 atom stereocenters. The Labute approximate surface area is 91.6 Å². The summed E-state index contributed by atoms with van der Waals surface area (Å²) in [6.07, 6.45) is 4.32. The van der Waals surface area contributed by atoms with Crippen LogP contribution < -0.4 is 5.46 Å². The summed E-state index contributed by atoms with van der Waals surface area (Å²) in [5.74, 6) is 0.